The first kappa shape index (κ1) is 79.1. The van der Waals surface area contributed by atoms with Crippen LogP contribution in [0.25, 0.3) is 0 Å². The Labute approximate surface area is 514 Å². The highest BCUT2D eigenvalue weighted by atomic mass is 16.6. The predicted molar refractivity (Wildman–Crippen MR) is 362 cm³/mol. The van der Waals surface area contributed by atoms with E-state index >= 15 is 0 Å². The summed E-state index contributed by atoms with van der Waals surface area (Å²) in [6.07, 6.45) is 97.2. The third-order valence-electron chi connectivity index (χ3n) is 15.2. The van der Waals surface area contributed by atoms with Gasteiger partial charge in [-0.05, 0) is 122 Å². The molecule has 0 fully saturated rings. The van der Waals surface area contributed by atoms with Gasteiger partial charge in [0, 0.05) is 19.3 Å². The lowest BCUT2D eigenvalue weighted by Crippen LogP contribution is -2.30. The molecule has 0 aromatic rings. The summed E-state index contributed by atoms with van der Waals surface area (Å²) < 4.78 is 16.9. The van der Waals surface area contributed by atoms with Gasteiger partial charge in [-0.3, -0.25) is 14.4 Å². The predicted octanol–water partition coefficient (Wildman–Crippen LogP) is 24.6. The fourth-order valence-electron chi connectivity index (χ4n) is 10.0. The lowest BCUT2D eigenvalue weighted by Gasteiger charge is -2.18. The summed E-state index contributed by atoms with van der Waals surface area (Å²) in [4.78, 5) is 38.3. The van der Waals surface area contributed by atoms with Crippen LogP contribution in [0.3, 0.4) is 0 Å². The fraction of sp³-hybridized carbons (Fsp3) is 0.727. The van der Waals surface area contributed by atoms with Gasteiger partial charge in [0.1, 0.15) is 13.2 Å². The minimum atomic E-state index is -0.804. The van der Waals surface area contributed by atoms with Crippen molar-refractivity contribution >= 4 is 17.9 Å². The first-order chi connectivity index (χ1) is 41.0. The van der Waals surface area contributed by atoms with Crippen molar-refractivity contribution in [2.24, 2.45) is 0 Å². The van der Waals surface area contributed by atoms with Crippen molar-refractivity contribution in [2.75, 3.05) is 13.2 Å². The highest BCUT2D eigenvalue weighted by molar-refractivity contribution is 5.71. The summed E-state index contributed by atoms with van der Waals surface area (Å²) in [7, 11) is 0. The van der Waals surface area contributed by atoms with E-state index in [9.17, 15) is 14.4 Å². The summed E-state index contributed by atoms with van der Waals surface area (Å²) in [5.74, 6) is -0.940. The summed E-state index contributed by atoms with van der Waals surface area (Å²) in [6, 6.07) is 0. The Kier molecular flexibility index (Phi) is 67.2. The zero-order chi connectivity index (χ0) is 59.9. The minimum absolute atomic E-state index is 0.0960. The van der Waals surface area contributed by atoms with Gasteiger partial charge in [-0.2, -0.15) is 0 Å². The molecule has 0 heterocycles. The monoisotopic (exact) mass is 1150 g/mol. The molecule has 6 heteroatoms. The van der Waals surface area contributed by atoms with Crippen molar-refractivity contribution in [2.45, 2.75) is 348 Å². The molecule has 0 aromatic heterocycles. The van der Waals surface area contributed by atoms with Crippen molar-refractivity contribution in [3.05, 3.63) is 109 Å². The SMILES string of the molecule is CC/C=C\C/C=C\C/C=C\C/C=C\CCCCCCC(=O)OC(COC(=O)CCCCC/C=C\C/C=C\C/C=C\CC)COC(=O)CCCCCCCCCCCCCCCCCCCCCCCCC/C=C\C/C=C\CCCCCCC. The van der Waals surface area contributed by atoms with E-state index in [0.717, 1.165) is 128 Å². The van der Waals surface area contributed by atoms with Crippen LogP contribution in [0.1, 0.15) is 342 Å². The molecule has 83 heavy (non-hydrogen) atoms. The maximum Gasteiger partial charge on any atom is 0.306 e. The number of rotatable bonds is 64. The molecule has 1 atom stereocenters. The number of unbranched alkanes of at least 4 members (excludes halogenated alkanes) is 35. The van der Waals surface area contributed by atoms with E-state index in [0.29, 0.717) is 19.3 Å². The van der Waals surface area contributed by atoms with E-state index in [-0.39, 0.29) is 31.1 Å². The van der Waals surface area contributed by atoms with Crippen LogP contribution < -0.4 is 0 Å². The molecule has 0 spiro atoms. The molecule has 0 saturated carbocycles. The smallest absolute Gasteiger partial charge is 0.306 e. The van der Waals surface area contributed by atoms with Crippen LogP contribution in [-0.2, 0) is 28.6 Å². The molecule has 0 aliphatic rings. The fourth-order valence-corrected chi connectivity index (χ4v) is 10.0. The van der Waals surface area contributed by atoms with Crippen LogP contribution in [-0.4, -0.2) is 37.2 Å². The minimum Gasteiger partial charge on any atom is -0.462 e. The van der Waals surface area contributed by atoms with E-state index in [2.05, 4.69) is 130 Å². The van der Waals surface area contributed by atoms with Crippen molar-refractivity contribution in [3.63, 3.8) is 0 Å². The second kappa shape index (κ2) is 70.6. The second-order valence-corrected chi connectivity index (χ2v) is 23.4. The zero-order valence-corrected chi connectivity index (χ0v) is 54.7. The normalized spacial score (nSPS) is 12.8. The van der Waals surface area contributed by atoms with Gasteiger partial charge >= 0.3 is 17.9 Å². The third-order valence-corrected chi connectivity index (χ3v) is 15.2. The number of ether oxygens (including phenoxy) is 3. The molecule has 0 bridgehead atoms. The van der Waals surface area contributed by atoms with E-state index in [1.165, 1.54) is 173 Å². The molecule has 0 saturated heterocycles. The van der Waals surface area contributed by atoms with E-state index < -0.39 is 6.10 Å². The van der Waals surface area contributed by atoms with Crippen LogP contribution in [0, 0.1) is 0 Å². The second-order valence-electron chi connectivity index (χ2n) is 23.4. The standard InChI is InChI=1S/C77H132O6/c1-4-7-10-13-16-19-22-25-27-29-30-31-32-33-34-35-36-37-38-39-40-41-42-43-44-45-46-48-49-52-55-58-61-64-67-70-76(79)82-73-74(72-81-75(78)69-66-63-60-57-54-51-24-21-18-15-12-9-6-3)83-77(80)71-68-65-62-59-56-53-50-47-28-26-23-20-17-14-11-8-5-2/h8-9,11-12,17-18,20-22,25-26,28-30,50-51,53-54,74H,4-7,10,13-16,19,23-24,27,31-49,52,55-73H2,1-3H3/b11-8-,12-9-,20-17-,21-18-,25-22-,28-26-,30-29-,53-50-,54-51-. The third kappa shape index (κ3) is 68.7. The van der Waals surface area contributed by atoms with E-state index in [1.54, 1.807) is 0 Å². The van der Waals surface area contributed by atoms with Crippen LogP contribution in [0.15, 0.2) is 109 Å². The highest BCUT2D eigenvalue weighted by Crippen LogP contribution is 2.17. The van der Waals surface area contributed by atoms with Gasteiger partial charge in [0.25, 0.3) is 0 Å². The maximum atomic E-state index is 12.9. The molecule has 476 valence electrons. The molecule has 6 nitrogen and oxygen atoms in total. The lowest BCUT2D eigenvalue weighted by molar-refractivity contribution is -0.167. The van der Waals surface area contributed by atoms with Crippen molar-refractivity contribution in [1.29, 1.82) is 0 Å². The van der Waals surface area contributed by atoms with Crippen LogP contribution in [0.2, 0.25) is 0 Å². The van der Waals surface area contributed by atoms with Crippen molar-refractivity contribution < 1.29 is 28.6 Å². The van der Waals surface area contributed by atoms with Gasteiger partial charge in [0.2, 0.25) is 0 Å². The highest BCUT2D eigenvalue weighted by Gasteiger charge is 2.19. The molecular formula is C77H132O6. The summed E-state index contributed by atoms with van der Waals surface area (Å²) >= 11 is 0. The largest absolute Gasteiger partial charge is 0.462 e. The van der Waals surface area contributed by atoms with E-state index in [4.69, 9.17) is 14.2 Å². The van der Waals surface area contributed by atoms with Crippen molar-refractivity contribution in [3.8, 4) is 0 Å². The van der Waals surface area contributed by atoms with Gasteiger partial charge in [-0.15, -0.1) is 0 Å². The molecule has 1 unspecified atom stereocenters. The number of hydrogen-bond donors (Lipinski definition) is 0. The Morgan fingerprint density at radius 2 is 0.470 bits per heavy atom. The Hall–Kier alpha value is -3.93. The Bertz CT molecular complexity index is 1660. The van der Waals surface area contributed by atoms with Crippen LogP contribution >= 0.6 is 0 Å². The lowest BCUT2D eigenvalue weighted by atomic mass is 10.0. The molecule has 0 rings (SSSR count). The van der Waals surface area contributed by atoms with Gasteiger partial charge in [0.05, 0.1) is 0 Å². The number of carbonyl (C=O) groups excluding carboxylic acids is 3. The quantitative estimate of drug-likeness (QED) is 0.0261. The van der Waals surface area contributed by atoms with Gasteiger partial charge in [-0.1, -0.05) is 310 Å². The number of esters is 3. The maximum absolute atomic E-state index is 12.9. The van der Waals surface area contributed by atoms with Crippen molar-refractivity contribution in [1.82, 2.24) is 0 Å². The number of allylic oxidation sites excluding steroid dienone is 18. The van der Waals surface area contributed by atoms with Gasteiger partial charge in [0.15, 0.2) is 6.10 Å². The molecule has 0 aliphatic carbocycles. The Morgan fingerprint density at radius 1 is 0.253 bits per heavy atom. The molecule has 0 aromatic carbocycles. The molecular weight excluding hydrogens is 1020 g/mol. The Balaban J connectivity index is 4.14. The number of carbonyl (C=O) groups is 3. The number of hydrogen-bond acceptors (Lipinski definition) is 6. The topological polar surface area (TPSA) is 78.9 Å². The summed E-state index contributed by atoms with van der Waals surface area (Å²) in [6.45, 7) is 6.38. The summed E-state index contributed by atoms with van der Waals surface area (Å²) in [5, 5.41) is 0. The average Bonchev–Trinajstić information content (AvgIpc) is 3.49. The van der Waals surface area contributed by atoms with E-state index in [1.807, 2.05) is 0 Å². The Morgan fingerprint density at radius 3 is 0.747 bits per heavy atom. The molecule has 0 radical (unpaired) electrons. The first-order valence-corrected chi connectivity index (χ1v) is 35.4. The van der Waals surface area contributed by atoms with Crippen LogP contribution in [0.5, 0.6) is 0 Å². The zero-order valence-electron chi connectivity index (χ0n) is 54.7. The molecule has 0 aliphatic heterocycles. The molecule has 0 N–H and O–H groups in total. The molecule has 0 amide bonds. The average molecular weight is 1150 g/mol. The summed E-state index contributed by atoms with van der Waals surface area (Å²) in [5.41, 5.74) is 0. The first-order valence-electron chi connectivity index (χ1n) is 35.4. The van der Waals surface area contributed by atoms with Crippen LogP contribution in [0.4, 0.5) is 0 Å². The van der Waals surface area contributed by atoms with Gasteiger partial charge < -0.3 is 14.2 Å². The van der Waals surface area contributed by atoms with Gasteiger partial charge in [-0.25, -0.2) is 0 Å².